The molecular formula is C29H19BrN2O2S2. The number of nitrogens with zero attached hydrogens (tertiary/aromatic N) is 2. The maximum absolute atomic E-state index is 13.8. The van der Waals surface area contributed by atoms with Crippen molar-refractivity contribution in [3.63, 3.8) is 0 Å². The summed E-state index contributed by atoms with van der Waals surface area (Å²) in [6.45, 7) is 0. The highest BCUT2D eigenvalue weighted by molar-refractivity contribution is 9.10. The van der Waals surface area contributed by atoms with Gasteiger partial charge in [0.2, 0.25) is 0 Å². The average Bonchev–Trinajstić information content (AvgIpc) is 3.65. The van der Waals surface area contributed by atoms with Gasteiger partial charge in [-0.05, 0) is 59.7 Å². The van der Waals surface area contributed by atoms with Crippen LogP contribution in [0.2, 0.25) is 0 Å². The molecule has 0 unspecified atom stereocenters. The lowest BCUT2D eigenvalue weighted by Crippen LogP contribution is -2.38. The lowest BCUT2D eigenvalue weighted by Gasteiger charge is -2.30. The number of fused-ring (bicyclic) bond motifs is 3. The molecule has 0 saturated heterocycles. The van der Waals surface area contributed by atoms with Crippen molar-refractivity contribution in [3.8, 4) is 11.3 Å². The lowest BCUT2D eigenvalue weighted by molar-refractivity contribution is 0.571. The van der Waals surface area contributed by atoms with Crippen molar-refractivity contribution >= 4 is 50.4 Å². The van der Waals surface area contributed by atoms with E-state index in [0.717, 1.165) is 39.1 Å². The predicted octanol–water partition coefficient (Wildman–Crippen LogP) is 6.40. The Hall–Kier alpha value is -3.26. The van der Waals surface area contributed by atoms with E-state index in [0.29, 0.717) is 10.3 Å². The van der Waals surface area contributed by atoms with Crippen LogP contribution in [0.15, 0.2) is 102 Å². The Bertz CT molecular complexity index is 1820. The lowest BCUT2D eigenvalue weighted by atomic mass is 9.85. The first-order valence-corrected chi connectivity index (χ1v) is 14.2. The van der Waals surface area contributed by atoms with E-state index >= 15 is 0 Å². The summed E-state index contributed by atoms with van der Waals surface area (Å²) in [5, 5.41) is 2.08. The van der Waals surface area contributed by atoms with Crippen LogP contribution in [0.1, 0.15) is 34.2 Å². The quantitative estimate of drug-likeness (QED) is 0.252. The number of benzene rings is 2. The summed E-state index contributed by atoms with van der Waals surface area (Å²) in [4.78, 5) is 20.7. The van der Waals surface area contributed by atoms with E-state index < -0.39 is 0 Å². The van der Waals surface area contributed by atoms with Gasteiger partial charge in [-0.25, -0.2) is 4.99 Å². The standard InChI is InChI=1S/C29H19BrN2O2S2/c30-19-10-7-18(8-11-19)23-14-12-20(34-23)16-25-28(33)32-27(24-6-3-15-35-24)22-13-9-17-4-1-2-5-21(17)26(22)31-29(32)36-25/h1-8,10-12,14-16,27H,9,13H2/b25-16+/t27-/m1/s1. The molecule has 4 nitrogen and oxygen atoms in total. The molecule has 7 rings (SSSR count). The van der Waals surface area contributed by atoms with E-state index in [9.17, 15) is 4.79 Å². The molecule has 3 aromatic heterocycles. The second kappa shape index (κ2) is 8.69. The second-order valence-corrected chi connectivity index (χ2v) is 11.7. The molecule has 2 aromatic carbocycles. The third kappa shape index (κ3) is 3.61. The Morgan fingerprint density at radius 1 is 1.00 bits per heavy atom. The van der Waals surface area contributed by atoms with Crippen molar-refractivity contribution in [2.45, 2.75) is 18.9 Å². The Balaban J connectivity index is 1.39. The van der Waals surface area contributed by atoms with Crippen LogP contribution in [-0.4, -0.2) is 4.57 Å². The van der Waals surface area contributed by atoms with Crippen molar-refractivity contribution in [2.24, 2.45) is 4.99 Å². The SMILES string of the molecule is O=c1/c(=C\c2ccc(-c3ccc(Br)cc3)o2)sc2n1[C@@H](c1cccs1)C1=C(N=2)c2ccccc2CC1. The van der Waals surface area contributed by atoms with E-state index in [1.807, 2.05) is 47.0 Å². The number of thiazole rings is 1. The van der Waals surface area contributed by atoms with Crippen LogP contribution < -0.4 is 14.9 Å². The third-order valence-electron chi connectivity index (χ3n) is 6.71. The number of thiophene rings is 1. The molecule has 0 amide bonds. The highest BCUT2D eigenvalue weighted by atomic mass is 79.9. The van der Waals surface area contributed by atoms with Gasteiger partial charge in [-0.1, -0.05) is 69.7 Å². The van der Waals surface area contributed by atoms with Gasteiger partial charge in [0.1, 0.15) is 11.5 Å². The molecule has 1 aliphatic heterocycles. The fourth-order valence-electron chi connectivity index (χ4n) is 5.05. The molecule has 1 aliphatic carbocycles. The first kappa shape index (κ1) is 22.0. The normalized spacial score (nSPS) is 16.9. The molecule has 0 radical (unpaired) electrons. The van der Waals surface area contributed by atoms with Gasteiger partial charge in [0, 0.05) is 26.6 Å². The van der Waals surface area contributed by atoms with Gasteiger partial charge in [-0.15, -0.1) is 11.3 Å². The zero-order chi connectivity index (χ0) is 24.2. The molecule has 0 saturated carbocycles. The summed E-state index contributed by atoms with van der Waals surface area (Å²) < 4.78 is 9.62. The van der Waals surface area contributed by atoms with Crippen LogP contribution in [-0.2, 0) is 6.42 Å². The van der Waals surface area contributed by atoms with E-state index in [1.54, 1.807) is 11.3 Å². The highest BCUT2D eigenvalue weighted by Crippen LogP contribution is 2.42. The van der Waals surface area contributed by atoms with Crippen LogP contribution in [0.5, 0.6) is 0 Å². The van der Waals surface area contributed by atoms with E-state index in [4.69, 9.17) is 9.41 Å². The topological polar surface area (TPSA) is 47.5 Å². The molecule has 0 spiro atoms. The van der Waals surface area contributed by atoms with Crippen molar-refractivity contribution in [1.29, 1.82) is 0 Å². The minimum absolute atomic E-state index is 0.0239. The third-order valence-corrected chi connectivity index (χ3v) is 9.15. The van der Waals surface area contributed by atoms with E-state index in [1.165, 1.54) is 32.9 Å². The van der Waals surface area contributed by atoms with Crippen LogP contribution >= 0.6 is 38.6 Å². The smallest absolute Gasteiger partial charge is 0.271 e. The number of rotatable bonds is 3. The first-order valence-electron chi connectivity index (χ1n) is 11.7. The van der Waals surface area contributed by atoms with Crippen LogP contribution in [0.25, 0.3) is 23.1 Å². The van der Waals surface area contributed by atoms with Crippen LogP contribution in [0.3, 0.4) is 0 Å². The summed E-state index contributed by atoms with van der Waals surface area (Å²) >= 11 is 6.59. The molecule has 4 heterocycles. The molecule has 176 valence electrons. The van der Waals surface area contributed by atoms with Crippen molar-refractivity contribution in [2.75, 3.05) is 0 Å². The van der Waals surface area contributed by atoms with Crippen molar-refractivity contribution < 1.29 is 4.42 Å². The molecule has 0 bridgehead atoms. The fraction of sp³-hybridized carbons (Fsp3) is 0.103. The minimum atomic E-state index is -0.123. The largest absolute Gasteiger partial charge is 0.457 e. The Labute approximate surface area is 223 Å². The summed E-state index contributed by atoms with van der Waals surface area (Å²) in [5.41, 5.74) is 5.72. The van der Waals surface area contributed by atoms with E-state index in [2.05, 4.69) is 57.7 Å². The maximum atomic E-state index is 13.8. The Morgan fingerprint density at radius 3 is 2.69 bits per heavy atom. The van der Waals surface area contributed by atoms with Crippen LogP contribution in [0.4, 0.5) is 0 Å². The predicted molar refractivity (Wildman–Crippen MR) is 149 cm³/mol. The molecule has 36 heavy (non-hydrogen) atoms. The number of aromatic nitrogens is 1. The fourth-order valence-corrected chi connectivity index (χ4v) is 7.14. The van der Waals surface area contributed by atoms with Crippen LogP contribution in [0, 0.1) is 0 Å². The molecular weight excluding hydrogens is 552 g/mol. The van der Waals surface area contributed by atoms with Gasteiger partial charge in [-0.2, -0.15) is 0 Å². The summed E-state index contributed by atoms with van der Waals surface area (Å²) in [6, 6.07) is 24.4. The molecule has 5 aromatic rings. The van der Waals surface area contributed by atoms with Gasteiger partial charge in [0.25, 0.3) is 5.56 Å². The summed E-state index contributed by atoms with van der Waals surface area (Å²) in [5.74, 6) is 1.42. The number of halogens is 1. The molecule has 1 atom stereocenters. The molecule has 7 heteroatoms. The molecule has 0 fully saturated rings. The van der Waals surface area contributed by atoms with Gasteiger partial charge < -0.3 is 4.42 Å². The van der Waals surface area contributed by atoms with Crippen molar-refractivity contribution in [3.05, 3.63) is 130 Å². The van der Waals surface area contributed by atoms with Crippen molar-refractivity contribution in [1.82, 2.24) is 4.57 Å². The zero-order valence-corrected chi connectivity index (χ0v) is 22.2. The van der Waals surface area contributed by atoms with Gasteiger partial charge in [0.05, 0.1) is 16.3 Å². The first-order chi connectivity index (χ1) is 17.7. The monoisotopic (exact) mass is 570 g/mol. The number of furan rings is 1. The highest BCUT2D eigenvalue weighted by Gasteiger charge is 2.33. The number of allylic oxidation sites excluding steroid dienone is 1. The summed E-state index contributed by atoms with van der Waals surface area (Å²) in [7, 11) is 0. The Morgan fingerprint density at radius 2 is 1.86 bits per heavy atom. The minimum Gasteiger partial charge on any atom is -0.457 e. The second-order valence-electron chi connectivity index (χ2n) is 8.84. The van der Waals surface area contributed by atoms with Gasteiger partial charge >= 0.3 is 0 Å². The zero-order valence-electron chi connectivity index (χ0n) is 19.0. The number of hydrogen-bond acceptors (Lipinski definition) is 5. The molecule has 2 aliphatic rings. The maximum Gasteiger partial charge on any atom is 0.271 e. The summed E-state index contributed by atoms with van der Waals surface area (Å²) in [6.07, 6.45) is 3.70. The Kier molecular flexibility index (Phi) is 5.31. The van der Waals surface area contributed by atoms with Gasteiger partial charge in [-0.3, -0.25) is 9.36 Å². The number of hydrogen-bond donors (Lipinski definition) is 0. The van der Waals surface area contributed by atoms with E-state index in [-0.39, 0.29) is 11.6 Å². The number of aryl methyl sites for hydroxylation is 1. The van der Waals surface area contributed by atoms with Gasteiger partial charge in [0.15, 0.2) is 4.80 Å². The molecule has 0 N–H and O–H groups in total. The average molecular weight is 572 g/mol.